The highest BCUT2D eigenvalue weighted by Gasteiger charge is 2.41. The molecule has 1 aliphatic rings. The fourth-order valence-electron chi connectivity index (χ4n) is 9.84. The monoisotopic (exact) mass is 795 g/mol. The van der Waals surface area contributed by atoms with Gasteiger partial charge in [-0.05, 0) is 127 Å². The number of rotatable bonds is 11. The van der Waals surface area contributed by atoms with E-state index in [-0.39, 0.29) is 5.41 Å². The first-order valence-corrected chi connectivity index (χ1v) is 22.0. The average molecular weight is 796 g/mol. The zero-order chi connectivity index (χ0) is 41.9. The Hall–Kier alpha value is -7.48. The lowest BCUT2D eigenvalue weighted by Gasteiger charge is -2.32. The summed E-state index contributed by atoms with van der Waals surface area (Å²) < 4.78 is 0. The summed E-state index contributed by atoms with van der Waals surface area (Å²) in [6.07, 6.45) is 6.60. The summed E-state index contributed by atoms with van der Waals surface area (Å²) in [6.45, 7) is 4.71. The highest BCUT2D eigenvalue weighted by Crippen LogP contribution is 2.54. The van der Waals surface area contributed by atoms with E-state index in [4.69, 9.17) is 0 Å². The van der Waals surface area contributed by atoms with Gasteiger partial charge in [0.15, 0.2) is 0 Å². The van der Waals surface area contributed by atoms with Gasteiger partial charge in [-0.25, -0.2) is 0 Å². The summed E-state index contributed by atoms with van der Waals surface area (Å²) in [5.41, 5.74) is 21.1. The molecule has 0 N–H and O–H groups in total. The lowest BCUT2D eigenvalue weighted by atomic mass is 9.73. The second kappa shape index (κ2) is 16.9. The smallest absolute Gasteiger partial charge is 0.0465 e. The minimum Gasteiger partial charge on any atom is -0.310 e. The summed E-state index contributed by atoms with van der Waals surface area (Å²) >= 11 is 0. The Labute approximate surface area is 367 Å². The third-order valence-corrected chi connectivity index (χ3v) is 13.0. The molecule has 0 fully saturated rings. The number of anilines is 3. The number of hydrogen-bond donors (Lipinski definition) is 0. The van der Waals surface area contributed by atoms with Crippen LogP contribution in [0.2, 0.25) is 0 Å². The Bertz CT molecular complexity index is 2960. The van der Waals surface area contributed by atoms with Crippen molar-refractivity contribution in [3.63, 3.8) is 0 Å². The quantitative estimate of drug-likeness (QED) is 0.118. The Morgan fingerprint density at radius 3 is 1.42 bits per heavy atom. The summed E-state index contributed by atoms with van der Waals surface area (Å²) in [6, 6.07) is 81.8. The molecule has 0 aromatic heterocycles. The second-order valence-corrected chi connectivity index (χ2v) is 16.3. The van der Waals surface area contributed by atoms with Gasteiger partial charge in [0.25, 0.3) is 0 Å². The van der Waals surface area contributed by atoms with E-state index in [0.29, 0.717) is 0 Å². The predicted octanol–water partition coefficient (Wildman–Crippen LogP) is 17.1. The second-order valence-electron chi connectivity index (χ2n) is 16.3. The van der Waals surface area contributed by atoms with Gasteiger partial charge in [0.1, 0.15) is 0 Å². The Kier molecular flexibility index (Phi) is 10.5. The number of nitrogens with zero attached hydrogens (tertiary/aromatic N) is 1. The van der Waals surface area contributed by atoms with Crippen LogP contribution in [0.5, 0.6) is 0 Å². The Morgan fingerprint density at radius 2 is 0.806 bits per heavy atom. The van der Waals surface area contributed by atoms with Crippen molar-refractivity contribution in [2.45, 2.75) is 32.1 Å². The molecule has 1 heteroatoms. The minimum atomic E-state index is -0.0752. The molecule has 1 aliphatic carbocycles. The van der Waals surface area contributed by atoms with E-state index in [1.165, 1.54) is 83.6 Å². The van der Waals surface area contributed by atoms with Gasteiger partial charge >= 0.3 is 0 Å². The first-order valence-electron chi connectivity index (χ1n) is 22.0. The molecule has 0 heterocycles. The van der Waals surface area contributed by atoms with Crippen LogP contribution in [-0.2, 0) is 5.41 Å². The first kappa shape index (κ1) is 38.7. The van der Waals surface area contributed by atoms with Crippen LogP contribution >= 0.6 is 0 Å². The first-order chi connectivity index (χ1) is 30.6. The van der Waals surface area contributed by atoms with Crippen LogP contribution in [0.3, 0.4) is 0 Å². The molecule has 0 aliphatic heterocycles. The third-order valence-electron chi connectivity index (χ3n) is 13.0. The fraction of sp³-hybridized carbons (Fsp3) is 0.0820. The largest absolute Gasteiger partial charge is 0.310 e. The van der Waals surface area contributed by atoms with Crippen molar-refractivity contribution in [2.75, 3.05) is 4.90 Å². The Balaban J connectivity index is 0.990. The molecule has 0 saturated heterocycles. The van der Waals surface area contributed by atoms with Crippen molar-refractivity contribution in [3.05, 3.63) is 247 Å². The van der Waals surface area contributed by atoms with Crippen molar-refractivity contribution in [1.82, 2.24) is 0 Å². The van der Waals surface area contributed by atoms with Crippen LogP contribution in [0.15, 0.2) is 224 Å². The van der Waals surface area contributed by atoms with E-state index in [9.17, 15) is 0 Å². The molecule has 10 rings (SSSR count). The molecule has 298 valence electrons. The van der Waals surface area contributed by atoms with Crippen LogP contribution in [0.25, 0.3) is 67.8 Å². The van der Waals surface area contributed by atoms with E-state index >= 15 is 0 Å². The molecule has 0 spiro atoms. The van der Waals surface area contributed by atoms with Gasteiger partial charge in [-0.1, -0.05) is 214 Å². The molecular formula is C61H49N. The molecule has 0 unspecified atom stereocenters. The maximum Gasteiger partial charge on any atom is 0.0465 e. The van der Waals surface area contributed by atoms with Crippen molar-refractivity contribution >= 4 is 29.2 Å². The van der Waals surface area contributed by atoms with Gasteiger partial charge in [-0.2, -0.15) is 0 Å². The molecule has 0 bridgehead atoms. The summed E-state index contributed by atoms with van der Waals surface area (Å²) in [5.74, 6) is 0. The summed E-state index contributed by atoms with van der Waals surface area (Å²) in [5, 5.41) is 0. The van der Waals surface area contributed by atoms with Gasteiger partial charge in [0, 0.05) is 22.5 Å². The minimum absolute atomic E-state index is 0.0752. The highest BCUT2D eigenvalue weighted by molar-refractivity contribution is 5.98. The molecule has 0 amide bonds. The topological polar surface area (TPSA) is 3.24 Å². The number of fused-ring (bicyclic) bond motifs is 3. The maximum absolute atomic E-state index is 2.46. The lowest BCUT2D eigenvalue weighted by Crippen LogP contribution is -2.23. The van der Waals surface area contributed by atoms with Crippen LogP contribution in [0, 0.1) is 0 Å². The summed E-state index contributed by atoms with van der Waals surface area (Å²) in [7, 11) is 0. The van der Waals surface area contributed by atoms with Crippen molar-refractivity contribution in [2.24, 2.45) is 0 Å². The standard InChI is InChI=1S/C61H49N/c1-3-61(4-2)58-42-45(36-40-55(58)56-41-39-51(43-59(56)61)62(49-24-13-7-14-25-49)50-26-15-8-16-27-50)33-32-44-34-37-48(38-35-44)60-53(47-22-11-6-12-23-47)30-19-31-57(60)54-29-18-17-28-52(54)46-20-9-5-10-21-46/h5-43H,3-4H2,1-2H3/b33-32+. The Morgan fingerprint density at radius 1 is 0.339 bits per heavy atom. The number of para-hydroxylation sites is 2. The number of hydrogen-bond acceptors (Lipinski definition) is 1. The molecule has 0 saturated carbocycles. The van der Waals surface area contributed by atoms with Gasteiger partial charge in [0.2, 0.25) is 0 Å². The molecule has 9 aromatic rings. The van der Waals surface area contributed by atoms with E-state index < -0.39 is 0 Å². The summed E-state index contributed by atoms with van der Waals surface area (Å²) in [4.78, 5) is 2.38. The van der Waals surface area contributed by atoms with Crippen LogP contribution in [0.4, 0.5) is 17.1 Å². The van der Waals surface area contributed by atoms with Crippen LogP contribution < -0.4 is 4.90 Å². The lowest BCUT2D eigenvalue weighted by molar-refractivity contribution is 0.490. The van der Waals surface area contributed by atoms with Crippen molar-refractivity contribution in [3.8, 4) is 55.6 Å². The molecule has 0 radical (unpaired) electrons. The molecule has 0 atom stereocenters. The SMILES string of the molecule is CCC1(CC)c2cc(/C=C/c3ccc(-c4c(-c5ccccc5)cccc4-c4ccccc4-c4ccccc4)cc3)ccc2-c2ccc(N(c3ccccc3)c3ccccc3)cc21. The normalized spacial score (nSPS) is 12.5. The molecule has 1 nitrogen and oxygen atoms in total. The average Bonchev–Trinajstić information content (AvgIpc) is 3.63. The predicted molar refractivity (Wildman–Crippen MR) is 265 cm³/mol. The van der Waals surface area contributed by atoms with Crippen LogP contribution in [0.1, 0.15) is 48.9 Å². The zero-order valence-corrected chi connectivity index (χ0v) is 35.4. The van der Waals surface area contributed by atoms with Crippen molar-refractivity contribution < 1.29 is 0 Å². The van der Waals surface area contributed by atoms with E-state index in [1.807, 2.05) is 0 Å². The molecule has 62 heavy (non-hydrogen) atoms. The van der Waals surface area contributed by atoms with E-state index in [0.717, 1.165) is 24.2 Å². The highest BCUT2D eigenvalue weighted by atomic mass is 15.1. The van der Waals surface area contributed by atoms with E-state index in [1.54, 1.807) is 0 Å². The van der Waals surface area contributed by atoms with Crippen molar-refractivity contribution in [1.29, 1.82) is 0 Å². The van der Waals surface area contributed by atoms with Crippen LogP contribution in [-0.4, -0.2) is 0 Å². The maximum atomic E-state index is 2.46. The van der Waals surface area contributed by atoms with Gasteiger partial charge in [-0.15, -0.1) is 0 Å². The van der Waals surface area contributed by atoms with Gasteiger partial charge in [-0.3, -0.25) is 0 Å². The number of benzene rings is 9. The fourth-order valence-corrected chi connectivity index (χ4v) is 9.84. The molecule has 9 aromatic carbocycles. The third kappa shape index (κ3) is 7.06. The molecular weight excluding hydrogens is 747 g/mol. The van der Waals surface area contributed by atoms with Gasteiger partial charge < -0.3 is 4.90 Å². The zero-order valence-electron chi connectivity index (χ0n) is 35.4. The van der Waals surface area contributed by atoms with Gasteiger partial charge in [0.05, 0.1) is 0 Å². The van der Waals surface area contributed by atoms with E-state index in [2.05, 4.69) is 255 Å².